The molecule has 0 bridgehead atoms. The van der Waals surface area contributed by atoms with Crippen LogP contribution in [0, 0.1) is 5.92 Å². The van der Waals surface area contributed by atoms with E-state index in [-0.39, 0.29) is 11.9 Å². The van der Waals surface area contributed by atoms with Gasteiger partial charge in [-0.15, -0.1) is 0 Å². The van der Waals surface area contributed by atoms with Crippen LogP contribution < -0.4 is 5.32 Å². The van der Waals surface area contributed by atoms with Gasteiger partial charge in [-0.05, 0) is 37.5 Å². The second-order valence-electron chi connectivity index (χ2n) is 5.06. The molecule has 1 rings (SSSR count). The SMILES string of the molecule is CC(C)CCC(=O)O[C@@H](C)C(=O)Nc1cccc(Br)c1. The van der Waals surface area contributed by atoms with Crippen molar-refractivity contribution in [3.05, 3.63) is 28.7 Å². The third kappa shape index (κ3) is 6.19. The van der Waals surface area contributed by atoms with Gasteiger partial charge >= 0.3 is 5.97 Å². The Hall–Kier alpha value is -1.36. The lowest BCUT2D eigenvalue weighted by molar-refractivity contribution is -0.153. The summed E-state index contributed by atoms with van der Waals surface area (Å²) >= 11 is 3.33. The van der Waals surface area contributed by atoms with E-state index < -0.39 is 6.10 Å². The zero-order chi connectivity index (χ0) is 15.1. The van der Waals surface area contributed by atoms with E-state index >= 15 is 0 Å². The fourth-order valence-electron chi connectivity index (χ4n) is 1.53. The summed E-state index contributed by atoms with van der Waals surface area (Å²) < 4.78 is 5.97. The first-order chi connectivity index (χ1) is 9.38. The number of benzene rings is 1. The fourth-order valence-corrected chi connectivity index (χ4v) is 1.93. The number of hydrogen-bond donors (Lipinski definition) is 1. The predicted molar refractivity (Wildman–Crippen MR) is 82.4 cm³/mol. The van der Waals surface area contributed by atoms with Gasteiger partial charge in [0.25, 0.3) is 5.91 Å². The molecule has 0 heterocycles. The molecule has 0 spiro atoms. The second kappa shape index (κ2) is 8.04. The van der Waals surface area contributed by atoms with Crippen molar-refractivity contribution in [2.24, 2.45) is 5.92 Å². The molecule has 0 unspecified atom stereocenters. The molecule has 5 heteroatoms. The summed E-state index contributed by atoms with van der Waals surface area (Å²) in [5.74, 6) is -0.232. The lowest BCUT2D eigenvalue weighted by atomic mass is 10.1. The van der Waals surface area contributed by atoms with Crippen LogP contribution in [0.4, 0.5) is 5.69 Å². The molecule has 1 atom stereocenters. The van der Waals surface area contributed by atoms with Gasteiger partial charge in [0.1, 0.15) is 0 Å². The van der Waals surface area contributed by atoms with Crippen molar-refractivity contribution >= 4 is 33.5 Å². The van der Waals surface area contributed by atoms with Gasteiger partial charge in [0.2, 0.25) is 0 Å². The summed E-state index contributed by atoms with van der Waals surface area (Å²) in [5, 5.41) is 2.71. The molecule has 20 heavy (non-hydrogen) atoms. The molecule has 1 amide bonds. The number of carbonyl (C=O) groups is 2. The number of ether oxygens (including phenoxy) is 1. The Labute approximate surface area is 128 Å². The van der Waals surface area contributed by atoms with Gasteiger partial charge in [0.05, 0.1) is 0 Å². The summed E-state index contributed by atoms with van der Waals surface area (Å²) in [4.78, 5) is 23.5. The number of hydrogen-bond acceptors (Lipinski definition) is 3. The summed E-state index contributed by atoms with van der Waals surface area (Å²) in [6.45, 7) is 5.65. The average molecular weight is 342 g/mol. The van der Waals surface area contributed by atoms with E-state index in [1.807, 2.05) is 26.0 Å². The van der Waals surface area contributed by atoms with E-state index in [4.69, 9.17) is 4.74 Å². The zero-order valence-corrected chi connectivity index (χ0v) is 13.6. The van der Waals surface area contributed by atoms with E-state index in [1.165, 1.54) is 0 Å². The van der Waals surface area contributed by atoms with E-state index in [9.17, 15) is 9.59 Å². The summed E-state index contributed by atoms with van der Waals surface area (Å²) in [7, 11) is 0. The molecule has 0 radical (unpaired) electrons. The largest absolute Gasteiger partial charge is 0.453 e. The van der Waals surface area contributed by atoms with Crippen molar-refractivity contribution in [1.82, 2.24) is 0 Å². The maximum Gasteiger partial charge on any atom is 0.306 e. The molecule has 1 aromatic rings. The molecule has 110 valence electrons. The Bertz CT molecular complexity index is 474. The van der Waals surface area contributed by atoms with E-state index in [0.29, 0.717) is 18.0 Å². The Balaban J connectivity index is 2.45. The number of esters is 1. The van der Waals surface area contributed by atoms with Crippen LogP contribution in [0.25, 0.3) is 0 Å². The highest BCUT2D eigenvalue weighted by atomic mass is 79.9. The third-order valence-electron chi connectivity index (χ3n) is 2.70. The van der Waals surface area contributed by atoms with Crippen molar-refractivity contribution in [2.75, 3.05) is 5.32 Å². The van der Waals surface area contributed by atoms with Crippen LogP contribution in [0.3, 0.4) is 0 Å². The van der Waals surface area contributed by atoms with Crippen LogP contribution in [-0.4, -0.2) is 18.0 Å². The minimum atomic E-state index is -0.798. The number of halogens is 1. The van der Waals surface area contributed by atoms with E-state index in [1.54, 1.807) is 19.1 Å². The second-order valence-corrected chi connectivity index (χ2v) is 5.98. The molecule has 0 aliphatic rings. The van der Waals surface area contributed by atoms with Crippen LogP contribution >= 0.6 is 15.9 Å². The summed E-state index contributed by atoms with van der Waals surface area (Å²) in [6, 6.07) is 7.24. The maximum absolute atomic E-state index is 11.9. The van der Waals surface area contributed by atoms with Crippen LogP contribution in [0.2, 0.25) is 0 Å². The molecular formula is C15H20BrNO3. The average Bonchev–Trinajstić information content (AvgIpc) is 2.36. The molecule has 0 fully saturated rings. The fraction of sp³-hybridized carbons (Fsp3) is 0.467. The molecule has 0 aliphatic carbocycles. The Morgan fingerprint density at radius 2 is 2.00 bits per heavy atom. The van der Waals surface area contributed by atoms with Crippen LogP contribution in [0.1, 0.15) is 33.6 Å². The highest BCUT2D eigenvalue weighted by Gasteiger charge is 2.18. The van der Waals surface area contributed by atoms with Crippen LogP contribution in [0.15, 0.2) is 28.7 Å². The van der Waals surface area contributed by atoms with Crippen LogP contribution in [0.5, 0.6) is 0 Å². The topological polar surface area (TPSA) is 55.4 Å². The van der Waals surface area contributed by atoms with Crippen molar-refractivity contribution in [3.63, 3.8) is 0 Å². The first-order valence-electron chi connectivity index (χ1n) is 6.64. The monoisotopic (exact) mass is 341 g/mol. The first kappa shape index (κ1) is 16.7. The normalized spacial score (nSPS) is 12.1. The molecule has 0 aliphatic heterocycles. The van der Waals surface area contributed by atoms with Crippen molar-refractivity contribution < 1.29 is 14.3 Å². The first-order valence-corrected chi connectivity index (χ1v) is 7.43. The minimum absolute atomic E-state index is 0.332. The molecule has 0 saturated heterocycles. The third-order valence-corrected chi connectivity index (χ3v) is 3.19. The lowest BCUT2D eigenvalue weighted by Crippen LogP contribution is -2.30. The number of amides is 1. The zero-order valence-electron chi connectivity index (χ0n) is 12.0. The van der Waals surface area contributed by atoms with Gasteiger partial charge in [0, 0.05) is 16.6 Å². The Morgan fingerprint density at radius 3 is 2.60 bits per heavy atom. The summed E-state index contributed by atoms with van der Waals surface area (Å²) in [5.41, 5.74) is 0.662. The van der Waals surface area contributed by atoms with Gasteiger partial charge < -0.3 is 10.1 Å². The van der Waals surface area contributed by atoms with Gasteiger partial charge in [-0.3, -0.25) is 9.59 Å². The molecule has 4 nitrogen and oxygen atoms in total. The lowest BCUT2D eigenvalue weighted by Gasteiger charge is -2.14. The minimum Gasteiger partial charge on any atom is -0.453 e. The van der Waals surface area contributed by atoms with Gasteiger partial charge in [-0.1, -0.05) is 35.8 Å². The van der Waals surface area contributed by atoms with Crippen LogP contribution in [-0.2, 0) is 14.3 Å². The summed E-state index contributed by atoms with van der Waals surface area (Å²) in [6.07, 6.45) is 0.305. The van der Waals surface area contributed by atoms with Gasteiger partial charge in [-0.2, -0.15) is 0 Å². The standard InChI is InChI=1S/C15H20BrNO3/c1-10(2)7-8-14(18)20-11(3)15(19)17-13-6-4-5-12(16)9-13/h4-6,9-11H,7-8H2,1-3H3,(H,17,19)/t11-/m0/s1. The number of carbonyl (C=O) groups excluding carboxylic acids is 2. The maximum atomic E-state index is 11.9. The molecular weight excluding hydrogens is 322 g/mol. The van der Waals surface area contributed by atoms with Gasteiger partial charge in [0.15, 0.2) is 6.10 Å². The highest BCUT2D eigenvalue weighted by Crippen LogP contribution is 2.16. The molecule has 1 aromatic carbocycles. The van der Waals surface area contributed by atoms with Crippen molar-refractivity contribution in [2.45, 2.75) is 39.7 Å². The molecule has 0 saturated carbocycles. The smallest absolute Gasteiger partial charge is 0.306 e. The number of nitrogens with one attached hydrogen (secondary N) is 1. The van der Waals surface area contributed by atoms with Crippen molar-refractivity contribution in [3.8, 4) is 0 Å². The highest BCUT2D eigenvalue weighted by molar-refractivity contribution is 9.10. The Kier molecular flexibility index (Phi) is 6.71. The number of rotatable bonds is 6. The van der Waals surface area contributed by atoms with Crippen molar-refractivity contribution in [1.29, 1.82) is 0 Å². The predicted octanol–water partition coefficient (Wildman–Crippen LogP) is 3.76. The number of anilines is 1. The molecule has 1 N–H and O–H groups in total. The molecule has 0 aromatic heterocycles. The van der Waals surface area contributed by atoms with E-state index in [0.717, 1.165) is 10.9 Å². The quantitative estimate of drug-likeness (QED) is 0.801. The van der Waals surface area contributed by atoms with E-state index in [2.05, 4.69) is 21.2 Å². The Morgan fingerprint density at radius 1 is 1.30 bits per heavy atom. The van der Waals surface area contributed by atoms with Gasteiger partial charge in [-0.25, -0.2) is 0 Å².